The fourth-order valence-electron chi connectivity index (χ4n) is 4.01. The van der Waals surface area contributed by atoms with Gasteiger partial charge in [-0.15, -0.1) is 21.6 Å². The molecule has 0 N–H and O–H groups in total. The maximum Gasteiger partial charge on any atom is 0.229 e. The summed E-state index contributed by atoms with van der Waals surface area (Å²) in [5.74, 6) is 0. The van der Waals surface area contributed by atoms with E-state index in [1.165, 1.54) is 61.6 Å². The summed E-state index contributed by atoms with van der Waals surface area (Å²) in [4.78, 5) is 9.12. The Morgan fingerprint density at radius 2 is 2.00 bits per heavy atom. The normalized spacial score (nSPS) is 24.6. The molecule has 3 aliphatic rings. The molecule has 1 aromatic carbocycles. The zero-order chi connectivity index (χ0) is 18.7. The third-order valence-electron chi connectivity index (χ3n) is 5.86. The number of nitrogens with zero attached hydrogens (tertiary/aromatic N) is 6. The lowest BCUT2D eigenvalue weighted by Crippen LogP contribution is -2.68. The van der Waals surface area contributed by atoms with Gasteiger partial charge in [0.25, 0.3) is 0 Å². The summed E-state index contributed by atoms with van der Waals surface area (Å²) in [6, 6.07) is 6.05. The lowest BCUT2D eigenvalue weighted by molar-refractivity contribution is -0.939. The third kappa shape index (κ3) is 4.32. The number of fused-ring (bicyclic) bond motifs is 3. The van der Waals surface area contributed by atoms with Crippen LogP contribution < -0.4 is 4.90 Å². The van der Waals surface area contributed by atoms with Crippen molar-refractivity contribution in [1.29, 1.82) is 0 Å². The van der Waals surface area contributed by atoms with E-state index in [9.17, 15) is 0 Å². The van der Waals surface area contributed by atoms with E-state index in [0.717, 1.165) is 18.8 Å². The van der Waals surface area contributed by atoms with Gasteiger partial charge < -0.3 is 9.38 Å². The van der Waals surface area contributed by atoms with Gasteiger partial charge in [0.15, 0.2) is 0 Å². The number of hydrogen-bond donors (Lipinski definition) is 0. The topological polar surface area (TPSA) is 44.1 Å². The van der Waals surface area contributed by atoms with Crippen LogP contribution in [0.4, 0.5) is 16.5 Å². The largest absolute Gasteiger partial charge is 0.366 e. The Labute approximate surface area is 169 Å². The van der Waals surface area contributed by atoms with Crippen LogP contribution in [0.25, 0.3) is 0 Å². The molecular formula is C19H26ClN6S+. The summed E-state index contributed by atoms with van der Waals surface area (Å²) < 4.78 is 1.28. The van der Waals surface area contributed by atoms with Gasteiger partial charge in [-0.1, -0.05) is 11.6 Å². The number of rotatable bonds is 7. The van der Waals surface area contributed by atoms with Crippen molar-refractivity contribution in [3.63, 3.8) is 0 Å². The van der Waals surface area contributed by atoms with E-state index in [2.05, 4.69) is 38.0 Å². The highest BCUT2D eigenvalue weighted by Gasteiger charge is 2.38. The molecule has 0 amide bonds. The average Bonchev–Trinajstić information content (AvgIpc) is 3.23. The van der Waals surface area contributed by atoms with Crippen LogP contribution in [-0.2, 0) is 0 Å². The van der Waals surface area contributed by atoms with E-state index in [0.29, 0.717) is 15.8 Å². The van der Waals surface area contributed by atoms with E-state index in [4.69, 9.17) is 11.6 Å². The number of quaternary nitrogens is 1. The van der Waals surface area contributed by atoms with Gasteiger partial charge in [0.1, 0.15) is 5.69 Å². The fraction of sp³-hybridized carbons (Fsp3) is 0.526. The van der Waals surface area contributed by atoms with Crippen molar-refractivity contribution < 1.29 is 4.48 Å². The van der Waals surface area contributed by atoms with Crippen LogP contribution in [0.5, 0.6) is 0 Å². The Hall–Kier alpha value is -1.54. The van der Waals surface area contributed by atoms with Crippen LogP contribution in [0.3, 0.4) is 0 Å². The van der Waals surface area contributed by atoms with Crippen LogP contribution in [-0.4, -0.2) is 73.3 Å². The highest BCUT2D eigenvalue weighted by Crippen LogP contribution is 2.31. The van der Waals surface area contributed by atoms with Crippen LogP contribution >= 0.6 is 22.9 Å². The zero-order valence-corrected chi connectivity index (χ0v) is 17.3. The van der Waals surface area contributed by atoms with Crippen molar-refractivity contribution in [3.8, 4) is 0 Å². The van der Waals surface area contributed by atoms with E-state index in [1.54, 1.807) is 6.20 Å². The molecule has 0 aliphatic carbocycles. The van der Waals surface area contributed by atoms with Crippen molar-refractivity contribution in [1.82, 2.24) is 9.88 Å². The molecule has 3 fully saturated rings. The number of halogens is 1. The number of hydrogen-bond acceptors (Lipinski definition) is 6. The first-order chi connectivity index (χ1) is 13.2. The van der Waals surface area contributed by atoms with Gasteiger partial charge in [-0.25, -0.2) is 4.98 Å². The number of benzene rings is 1. The molecule has 0 radical (unpaired) electrons. The summed E-state index contributed by atoms with van der Waals surface area (Å²) in [5.41, 5.74) is 1.84. The van der Waals surface area contributed by atoms with Gasteiger partial charge in [0.05, 0.1) is 37.7 Å². The monoisotopic (exact) mass is 405 g/mol. The molecule has 3 aliphatic heterocycles. The van der Waals surface area contributed by atoms with Crippen molar-refractivity contribution in [2.45, 2.75) is 6.92 Å². The average molecular weight is 406 g/mol. The fourth-order valence-corrected chi connectivity index (χ4v) is 4.67. The molecule has 144 valence electrons. The molecule has 4 heterocycles. The number of azo groups is 1. The molecule has 0 saturated carbocycles. The highest BCUT2D eigenvalue weighted by atomic mass is 35.5. The van der Waals surface area contributed by atoms with Crippen LogP contribution in [0.1, 0.15) is 6.92 Å². The van der Waals surface area contributed by atoms with Crippen molar-refractivity contribution in [3.05, 3.63) is 34.8 Å². The molecule has 0 spiro atoms. The van der Waals surface area contributed by atoms with Crippen molar-refractivity contribution in [2.75, 3.05) is 63.8 Å². The second kappa shape index (κ2) is 8.22. The van der Waals surface area contributed by atoms with Crippen molar-refractivity contribution >= 4 is 39.4 Å². The lowest BCUT2D eigenvalue weighted by atomic mass is 10.1. The van der Waals surface area contributed by atoms with Gasteiger partial charge in [-0.3, -0.25) is 4.90 Å². The van der Waals surface area contributed by atoms with E-state index in [-0.39, 0.29) is 0 Å². The lowest BCUT2D eigenvalue weighted by Gasteiger charge is -2.51. The molecule has 2 bridgehead atoms. The van der Waals surface area contributed by atoms with Crippen molar-refractivity contribution in [2.24, 2.45) is 10.2 Å². The number of thiazole rings is 1. The third-order valence-corrected chi connectivity index (χ3v) is 6.82. The molecule has 27 heavy (non-hydrogen) atoms. The van der Waals surface area contributed by atoms with Gasteiger partial charge in [0, 0.05) is 43.4 Å². The highest BCUT2D eigenvalue weighted by molar-refractivity contribution is 7.13. The molecule has 0 unspecified atom stereocenters. The second-order valence-electron chi connectivity index (χ2n) is 7.31. The van der Waals surface area contributed by atoms with Crippen LogP contribution in [0, 0.1) is 0 Å². The maximum atomic E-state index is 6.47. The van der Waals surface area contributed by atoms with Crippen LogP contribution in [0.2, 0.25) is 5.02 Å². The maximum absolute atomic E-state index is 6.47. The van der Waals surface area contributed by atoms with E-state index >= 15 is 0 Å². The molecule has 2 aromatic rings. The Balaban J connectivity index is 1.42. The van der Waals surface area contributed by atoms with Gasteiger partial charge in [-0.2, -0.15) is 0 Å². The zero-order valence-electron chi connectivity index (χ0n) is 15.7. The molecule has 6 nitrogen and oxygen atoms in total. The van der Waals surface area contributed by atoms with E-state index in [1.807, 2.05) is 17.5 Å². The molecular weight excluding hydrogens is 380 g/mol. The first-order valence-electron chi connectivity index (χ1n) is 9.61. The van der Waals surface area contributed by atoms with Crippen LogP contribution in [0.15, 0.2) is 40.0 Å². The summed E-state index contributed by atoms with van der Waals surface area (Å²) in [7, 11) is 0. The smallest absolute Gasteiger partial charge is 0.229 e. The number of aromatic nitrogens is 1. The number of piperazine rings is 3. The molecule has 8 heteroatoms. The minimum Gasteiger partial charge on any atom is -0.366 e. The molecule has 3 saturated heterocycles. The Kier molecular flexibility index (Phi) is 5.73. The predicted octanol–water partition coefficient (Wildman–Crippen LogP) is 4.18. The molecule has 5 rings (SSSR count). The first kappa shape index (κ1) is 18.8. The SMILES string of the molecule is CCN(CC[N+]12CCN(CC1)CC2)c1ccc(N=Nc2nccs2)c(Cl)c1. The summed E-state index contributed by atoms with van der Waals surface area (Å²) in [6.45, 7) is 13.1. The first-order valence-corrected chi connectivity index (χ1v) is 10.9. The standard InChI is InChI=1S/C19H26ClN6S/c1-2-25(9-13-26-10-6-24(7-11-26)8-12-26)16-3-4-18(17(20)15-16)22-23-19-21-5-14-27-19/h3-5,14-15H,2,6-13H2,1H3/q+1. The second-order valence-corrected chi connectivity index (χ2v) is 8.59. The minimum absolute atomic E-state index is 0.630. The summed E-state index contributed by atoms with van der Waals surface area (Å²) >= 11 is 7.93. The predicted molar refractivity (Wildman–Crippen MR) is 112 cm³/mol. The number of likely N-dealkylation sites (N-methyl/N-ethyl adjacent to an activating group) is 1. The molecule has 1 aromatic heterocycles. The quantitative estimate of drug-likeness (QED) is 0.512. The van der Waals surface area contributed by atoms with Gasteiger partial charge in [0.2, 0.25) is 5.13 Å². The van der Waals surface area contributed by atoms with Gasteiger partial charge in [-0.05, 0) is 25.1 Å². The van der Waals surface area contributed by atoms with Gasteiger partial charge >= 0.3 is 0 Å². The number of anilines is 1. The Morgan fingerprint density at radius 3 is 2.63 bits per heavy atom. The molecule has 0 atom stereocenters. The summed E-state index contributed by atoms with van der Waals surface area (Å²) in [5, 5.41) is 11.5. The minimum atomic E-state index is 0.630. The Morgan fingerprint density at radius 1 is 1.22 bits per heavy atom. The van der Waals surface area contributed by atoms with E-state index < -0.39 is 0 Å². The summed E-state index contributed by atoms with van der Waals surface area (Å²) in [6.07, 6.45) is 1.72. The Bertz CT molecular complexity index is 772.